The van der Waals surface area contributed by atoms with E-state index in [1.54, 1.807) is 7.11 Å². The van der Waals surface area contributed by atoms with Crippen molar-refractivity contribution in [3.8, 4) is 0 Å². The van der Waals surface area contributed by atoms with Crippen molar-refractivity contribution in [2.24, 2.45) is 0 Å². The van der Waals surface area contributed by atoms with Gasteiger partial charge in [-0.15, -0.1) is 0 Å². The maximum atomic E-state index is 11.6. The third-order valence-electron chi connectivity index (χ3n) is 3.61. The van der Waals surface area contributed by atoms with E-state index in [0.29, 0.717) is 19.7 Å². The van der Waals surface area contributed by atoms with Gasteiger partial charge < -0.3 is 15.4 Å². The minimum Gasteiger partial charge on any atom is -0.383 e. The van der Waals surface area contributed by atoms with E-state index in [0.717, 1.165) is 6.42 Å². The summed E-state index contributed by atoms with van der Waals surface area (Å²) >= 11 is 0. The van der Waals surface area contributed by atoms with Crippen molar-refractivity contribution in [1.29, 1.82) is 0 Å². The molecular formula is C17H28N2O2. The highest BCUT2D eigenvalue weighted by Crippen LogP contribution is 2.27. The molecule has 21 heavy (non-hydrogen) atoms. The lowest BCUT2D eigenvalue weighted by atomic mass is 9.79. The Morgan fingerprint density at radius 2 is 1.95 bits per heavy atom. The molecule has 0 fully saturated rings. The molecular weight excluding hydrogens is 264 g/mol. The molecule has 0 aliphatic carbocycles. The molecule has 1 rings (SSSR count). The molecule has 0 saturated carbocycles. The topological polar surface area (TPSA) is 50.4 Å². The van der Waals surface area contributed by atoms with Crippen molar-refractivity contribution < 1.29 is 9.53 Å². The highest BCUT2D eigenvalue weighted by atomic mass is 16.5. The first-order valence-corrected chi connectivity index (χ1v) is 7.50. The zero-order valence-corrected chi connectivity index (χ0v) is 13.6. The van der Waals surface area contributed by atoms with Crippen LogP contribution in [0.1, 0.15) is 32.8 Å². The van der Waals surface area contributed by atoms with Crippen molar-refractivity contribution in [1.82, 2.24) is 10.6 Å². The summed E-state index contributed by atoms with van der Waals surface area (Å²) in [5.41, 5.74) is 1.41. The van der Waals surface area contributed by atoms with Gasteiger partial charge in [-0.1, -0.05) is 44.2 Å². The van der Waals surface area contributed by atoms with Crippen LogP contribution in [0.2, 0.25) is 0 Å². The normalized spacial score (nSPS) is 13.0. The van der Waals surface area contributed by atoms with E-state index in [2.05, 4.69) is 55.7 Å². The summed E-state index contributed by atoms with van der Waals surface area (Å²) in [6.45, 7) is 8.03. The Bertz CT molecular complexity index is 418. The summed E-state index contributed by atoms with van der Waals surface area (Å²) in [4.78, 5) is 11.6. The number of hydrogen-bond acceptors (Lipinski definition) is 3. The highest BCUT2D eigenvalue weighted by molar-refractivity contribution is 5.77. The Kier molecular flexibility index (Phi) is 7.40. The summed E-state index contributed by atoms with van der Waals surface area (Å²) in [6.07, 6.45) is 0.975. The van der Waals surface area contributed by atoms with Crippen molar-refractivity contribution in [3.63, 3.8) is 0 Å². The van der Waals surface area contributed by atoms with Crippen LogP contribution in [0, 0.1) is 0 Å². The number of benzene rings is 1. The van der Waals surface area contributed by atoms with Crippen LogP contribution in [0.4, 0.5) is 0 Å². The molecule has 0 aliphatic heterocycles. The molecule has 2 N–H and O–H groups in total. The van der Waals surface area contributed by atoms with Crippen LogP contribution in [0.5, 0.6) is 0 Å². The smallest absolute Gasteiger partial charge is 0.234 e. The van der Waals surface area contributed by atoms with Crippen LogP contribution in [-0.2, 0) is 14.9 Å². The summed E-state index contributed by atoms with van der Waals surface area (Å²) < 4.78 is 4.90. The second kappa shape index (κ2) is 8.80. The van der Waals surface area contributed by atoms with Crippen LogP contribution in [0.25, 0.3) is 0 Å². The Morgan fingerprint density at radius 1 is 1.29 bits per heavy atom. The van der Waals surface area contributed by atoms with Crippen LogP contribution < -0.4 is 10.6 Å². The van der Waals surface area contributed by atoms with Gasteiger partial charge in [0.15, 0.2) is 0 Å². The standard InChI is InChI=1S/C17H28N2O2/c1-14(19-13-16(20)18-10-11-21-4)12-17(2,3)15-8-6-5-7-9-15/h5-9,14,19H,10-13H2,1-4H3,(H,18,20). The quantitative estimate of drug-likeness (QED) is 0.685. The zero-order valence-electron chi connectivity index (χ0n) is 13.6. The molecule has 0 spiro atoms. The van der Waals surface area contributed by atoms with Crippen molar-refractivity contribution >= 4 is 5.91 Å². The van der Waals surface area contributed by atoms with E-state index in [9.17, 15) is 4.79 Å². The number of hydrogen-bond donors (Lipinski definition) is 2. The second-order valence-electron chi connectivity index (χ2n) is 6.08. The molecule has 1 aromatic rings. The number of carbonyl (C=O) groups excluding carboxylic acids is 1. The van der Waals surface area contributed by atoms with Crippen LogP contribution in [0.15, 0.2) is 30.3 Å². The average Bonchev–Trinajstić information content (AvgIpc) is 2.46. The maximum absolute atomic E-state index is 11.6. The maximum Gasteiger partial charge on any atom is 0.234 e. The van der Waals surface area contributed by atoms with E-state index in [4.69, 9.17) is 4.74 Å². The van der Waals surface area contributed by atoms with E-state index in [-0.39, 0.29) is 17.4 Å². The predicted octanol–water partition coefficient (Wildman–Crippen LogP) is 2.10. The number of ether oxygens (including phenoxy) is 1. The van der Waals surface area contributed by atoms with E-state index in [1.165, 1.54) is 5.56 Å². The monoisotopic (exact) mass is 292 g/mol. The molecule has 0 radical (unpaired) electrons. The third-order valence-corrected chi connectivity index (χ3v) is 3.61. The number of amides is 1. The fraction of sp³-hybridized carbons (Fsp3) is 0.588. The molecule has 0 aromatic heterocycles. The average molecular weight is 292 g/mol. The summed E-state index contributed by atoms with van der Waals surface area (Å²) in [5, 5.41) is 6.09. The summed E-state index contributed by atoms with van der Waals surface area (Å²) in [6, 6.07) is 10.8. The van der Waals surface area contributed by atoms with Crippen molar-refractivity contribution in [3.05, 3.63) is 35.9 Å². The first-order valence-electron chi connectivity index (χ1n) is 7.50. The van der Waals surface area contributed by atoms with Crippen LogP contribution in [0.3, 0.4) is 0 Å². The molecule has 4 nitrogen and oxygen atoms in total. The molecule has 0 saturated heterocycles. The van der Waals surface area contributed by atoms with Gasteiger partial charge in [0, 0.05) is 19.7 Å². The van der Waals surface area contributed by atoms with Gasteiger partial charge in [-0.2, -0.15) is 0 Å². The van der Waals surface area contributed by atoms with E-state index >= 15 is 0 Å². The first kappa shape index (κ1) is 17.7. The Balaban J connectivity index is 2.36. The summed E-state index contributed by atoms with van der Waals surface area (Å²) in [5.74, 6) is 0.0106. The van der Waals surface area contributed by atoms with Crippen molar-refractivity contribution in [2.45, 2.75) is 38.6 Å². The Hall–Kier alpha value is -1.39. The van der Waals surface area contributed by atoms with Gasteiger partial charge in [0.05, 0.1) is 13.2 Å². The van der Waals surface area contributed by atoms with Gasteiger partial charge in [0.1, 0.15) is 0 Å². The first-order chi connectivity index (χ1) is 9.95. The highest BCUT2D eigenvalue weighted by Gasteiger charge is 2.23. The number of nitrogens with one attached hydrogen (secondary N) is 2. The zero-order chi connectivity index (χ0) is 15.7. The number of carbonyl (C=O) groups is 1. The van der Waals surface area contributed by atoms with Gasteiger partial charge in [0.2, 0.25) is 5.91 Å². The van der Waals surface area contributed by atoms with Crippen LogP contribution >= 0.6 is 0 Å². The molecule has 1 unspecified atom stereocenters. The van der Waals surface area contributed by atoms with Crippen molar-refractivity contribution in [2.75, 3.05) is 26.8 Å². The van der Waals surface area contributed by atoms with Crippen LogP contribution in [-0.4, -0.2) is 38.8 Å². The van der Waals surface area contributed by atoms with E-state index < -0.39 is 0 Å². The van der Waals surface area contributed by atoms with Gasteiger partial charge >= 0.3 is 0 Å². The molecule has 0 bridgehead atoms. The van der Waals surface area contributed by atoms with Gasteiger partial charge in [-0.05, 0) is 24.3 Å². The lowest BCUT2D eigenvalue weighted by molar-refractivity contribution is -0.120. The molecule has 1 atom stereocenters. The SMILES string of the molecule is COCCNC(=O)CNC(C)CC(C)(C)c1ccccc1. The lowest BCUT2D eigenvalue weighted by Gasteiger charge is -2.29. The summed E-state index contributed by atoms with van der Waals surface area (Å²) in [7, 11) is 1.62. The number of rotatable bonds is 9. The third kappa shape index (κ3) is 6.74. The predicted molar refractivity (Wildman–Crippen MR) is 86.4 cm³/mol. The van der Waals surface area contributed by atoms with Gasteiger partial charge in [0.25, 0.3) is 0 Å². The fourth-order valence-electron chi connectivity index (χ4n) is 2.47. The Morgan fingerprint density at radius 3 is 2.57 bits per heavy atom. The molecule has 4 heteroatoms. The largest absolute Gasteiger partial charge is 0.383 e. The molecule has 1 amide bonds. The van der Waals surface area contributed by atoms with Gasteiger partial charge in [-0.3, -0.25) is 4.79 Å². The fourth-order valence-corrected chi connectivity index (χ4v) is 2.47. The molecule has 118 valence electrons. The second-order valence-corrected chi connectivity index (χ2v) is 6.08. The van der Waals surface area contributed by atoms with Gasteiger partial charge in [-0.25, -0.2) is 0 Å². The molecule has 0 heterocycles. The minimum absolute atomic E-state index is 0.0106. The lowest BCUT2D eigenvalue weighted by Crippen LogP contribution is -2.41. The molecule has 0 aliphatic rings. The number of methoxy groups -OCH3 is 1. The van der Waals surface area contributed by atoms with E-state index in [1.807, 2.05) is 6.07 Å². The Labute approximate surface area is 128 Å². The molecule has 1 aromatic carbocycles. The minimum atomic E-state index is 0.0106.